The lowest BCUT2D eigenvalue weighted by Crippen LogP contribution is -2.30. The molecule has 0 spiro atoms. The van der Waals surface area contributed by atoms with Crippen molar-refractivity contribution in [1.29, 1.82) is 0 Å². The van der Waals surface area contributed by atoms with E-state index < -0.39 is 17.9 Å². The maximum Gasteiger partial charge on any atom is 0.305 e. The Morgan fingerprint density at radius 1 is 1.04 bits per heavy atom. The van der Waals surface area contributed by atoms with Crippen molar-refractivity contribution >= 4 is 11.9 Å². The Bertz CT molecular complexity index is 803. The number of methoxy groups -OCH3 is 2. The van der Waals surface area contributed by atoms with Crippen molar-refractivity contribution in [3.8, 4) is 17.2 Å². The molecule has 0 aromatic heterocycles. The minimum absolute atomic E-state index is 0.251. The molecule has 2 N–H and O–H groups in total. The van der Waals surface area contributed by atoms with Gasteiger partial charge in [0.15, 0.2) is 0 Å². The summed E-state index contributed by atoms with van der Waals surface area (Å²) in [6.07, 6.45) is 0.641. The van der Waals surface area contributed by atoms with Crippen molar-refractivity contribution in [2.75, 3.05) is 20.8 Å². The van der Waals surface area contributed by atoms with Gasteiger partial charge in [-0.15, -0.1) is 0 Å². The van der Waals surface area contributed by atoms with E-state index in [2.05, 4.69) is 5.32 Å². The SMILES string of the molecule is CCCOc1ccc([C@H](CC(=O)O)NC(=O)c2ccc(OC)cc2OC)cc1. The molecule has 1 atom stereocenters. The molecule has 0 aliphatic rings. The van der Waals surface area contributed by atoms with Gasteiger partial charge in [0, 0.05) is 6.07 Å². The van der Waals surface area contributed by atoms with E-state index in [9.17, 15) is 14.7 Å². The Morgan fingerprint density at radius 2 is 1.71 bits per heavy atom. The molecule has 0 unspecified atom stereocenters. The number of hydrogen-bond acceptors (Lipinski definition) is 5. The number of hydrogen-bond donors (Lipinski definition) is 2. The van der Waals surface area contributed by atoms with Gasteiger partial charge in [-0.25, -0.2) is 0 Å². The standard InChI is InChI=1S/C21H25NO6/c1-4-11-28-15-7-5-14(6-8-15)18(13-20(23)24)22-21(25)17-10-9-16(26-2)12-19(17)27-3/h5-10,12,18H,4,11,13H2,1-3H3,(H,22,25)(H,23,24)/t18-/m0/s1. The van der Waals surface area contributed by atoms with Crippen molar-refractivity contribution in [3.63, 3.8) is 0 Å². The quantitative estimate of drug-likeness (QED) is 0.649. The number of carboxylic acids is 1. The second kappa shape index (κ2) is 10.2. The normalized spacial score (nSPS) is 11.4. The van der Waals surface area contributed by atoms with Gasteiger partial charge in [-0.05, 0) is 36.2 Å². The third-order valence-corrected chi connectivity index (χ3v) is 4.09. The predicted octanol–water partition coefficient (Wildman–Crippen LogP) is 3.44. The van der Waals surface area contributed by atoms with E-state index >= 15 is 0 Å². The van der Waals surface area contributed by atoms with Gasteiger partial charge in [0.05, 0.1) is 38.9 Å². The topological polar surface area (TPSA) is 94.1 Å². The number of aliphatic carboxylic acids is 1. The summed E-state index contributed by atoms with van der Waals surface area (Å²) in [6, 6.07) is 11.2. The Morgan fingerprint density at radius 3 is 2.29 bits per heavy atom. The second-order valence-electron chi connectivity index (χ2n) is 6.11. The van der Waals surface area contributed by atoms with Gasteiger partial charge >= 0.3 is 5.97 Å². The molecule has 0 radical (unpaired) electrons. The minimum atomic E-state index is -1.02. The molecule has 2 aromatic rings. The molecular formula is C21H25NO6. The summed E-state index contributed by atoms with van der Waals surface area (Å²) in [5.74, 6) is 0.144. The maximum absolute atomic E-state index is 12.7. The second-order valence-corrected chi connectivity index (χ2v) is 6.11. The third-order valence-electron chi connectivity index (χ3n) is 4.09. The smallest absolute Gasteiger partial charge is 0.305 e. The number of ether oxygens (including phenoxy) is 3. The molecule has 1 amide bonds. The van der Waals surface area contributed by atoms with Crippen LogP contribution in [-0.4, -0.2) is 37.8 Å². The number of carboxylic acid groups (broad SMARTS) is 1. The van der Waals surface area contributed by atoms with Crippen LogP contribution in [0.1, 0.15) is 41.7 Å². The third kappa shape index (κ3) is 5.64. The van der Waals surface area contributed by atoms with Crippen LogP contribution in [-0.2, 0) is 4.79 Å². The highest BCUT2D eigenvalue weighted by molar-refractivity contribution is 5.97. The minimum Gasteiger partial charge on any atom is -0.497 e. The van der Waals surface area contributed by atoms with Gasteiger partial charge in [-0.3, -0.25) is 9.59 Å². The van der Waals surface area contributed by atoms with Crippen molar-refractivity contribution in [2.45, 2.75) is 25.8 Å². The first-order valence-electron chi connectivity index (χ1n) is 8.96. The molecule has 7 heteroatoms. The number of nitrogens with one attached hydrogen (secondary N) is 1. The molecule has 0 heterocycles. The van der Waals surface area contributed by atoms with E-state index in [1.54, 1.807) is 42.5 Å². The zero-order valence-electron chi connectivity index (χ0n) is 16.2. The van der Waals surface area contributed by atoms with Crippen molar-refractivity contribution in [1.82, 2.24) is 5.32 Å². The number of amides is 1. The number of rotatable bonds is 10. The molecule has 2 aromatic carbocycles. The molecule has 0 aliphatic heterocycles. The molecule has 0 fully saturated rings. The van der Waals surface area contributed by atoms with Gasteiger partial charge in [-0.2, -0.15) is 0 Å². The lowest BCUT2D eigenvalue weighted by molar-refractivity contribution is -0.137. The molecule has 0 saturated carbocycles. The zero-order chi connectivity index (χ0) is 20.5. The molecule has 0 saturated heterocycles. The van der Waals surface area contributed by atoms with Crippen LogP contribution < -0.4 is 19.5 Å². The molecule has 0 bridgehead atoms. The largest absolute Gasteiger partial charge is 0.497 e. The summed E-state index contributed by atoms with van der Waals surface area (Å²) in [7, 11) is 2.97. The lowest BCUT2D eigenvalue weighted by atomic mass is 10.0. The van der Waals surface area contributed by atoms with Crippen LogP contribution in [0.25, 0.3) is 0 Å². The Kier molecular flexibility index (Phi) is 7.68. The van der Waals surface area contributed by atoms with Crippen LogP contribution >= 0.6 is 0 Å². The van der Waals surface area contributed by atoms with E-state index in [1.165, 1.54) is 14.2 Å². The van der Waals surface area contributed by atoms with E-state index in [0.717, 1.165) is 6.42 Å². The van der Waals surface area contributed by atoms with Gasteiger partial charge in [0.2, 0.25) is 0 Å². The molecule has 150 valence electrons. The molecule has 2 rings (SSSR count). The summed E-state index contributed by atoms with van der Waals surface area (Å²) in [4.78, 5) is 24.0. The van der Waals surface area contributed by atoms with E-state index in [-0.39, 0.29) is 6.42 Å². The summed E-state index contributed by atoms with van der Waals surface area (Å²) in [5.41, 5.74) is 0.966. The highest BCUT2D eigenvalue weighted by atomic mass is 16.5. The van der Waals surface area contributed by atoms with Gasteiger partial charge < -0.3 is 24.6 Å². The van der Waals surface area contributed by atoms with Gasteiger partial charge in [0.25, 0.3) is 5.91 Å². The Hall–Kier alpha value is -3.22. The van der Waals surface area contributed by atoms with E-state index in [0.29, 0.717) is 35.0 Å². The zero-order valence-corrected chi connectivity index (χ0v) is 16.2. The number of carbonyl (C=O) groups excluding carboxylic acids is 1. The van der Waals surface area contributed by atoms with Crippen molar-refractivity contribution < 1.29 is 28.9 Å². The fraction of sp³-hybridized carbons (Fsp3) is 0.333. The highest BCUT2D eigenvalue weighted by Crippen LogP contribution is 2.26. The van der Waals surface area contributed by atoms with Crippen LogP contribution in [0, 0.1) is 0 Å². The first-order valence-corrected chi connectivity index (χ1v) is 8.96. The van der Waals surface area contributed by atoms with Crippen molar-refractivity contribution in [3.05, 3.63) is 53.6 Å². The maximum atomic E-state index is 12.7. The Balaban J connectivity index is 2.22. The van der Waals surface area contributed by atoms with Crippen LogP contribution in [0.5, 0.6) is 17.2 Å². The first kappa shape index (κ1) is 21.1. The summed E-state index contributed by atoms with van der Waals surface area (Å²) in [6.45, 7) is 2.62. The Labute approximate surface area is 164 Å². The summed E-state index contributed by atoms with van der Waals surface area (Å²) >= 11 is 0. The molecule has 0 aliphatic carbocycles. The fourth-order valence-corrected chi connectivity index (χ4v) is 2.67. The fourth-order valence-electron chi connectivity index (χ4n) is 2.67. The highest BCUT2D eigenvalue weighted by Gasteiger charge is 2.21. The van der Waals surface area contributed by atoms with Crippen LogP contribution in [0.2, 0.25) is 0 Å². The van der Waals surface area contributed by atoms with E-state index in [1.807, 2.05) is 6.92 Å². The van der Waals surface area contributed by atoms with Crippen LogP contribution in [0.15, 0.2) is 42.5 Å². The number of benzene rings is 2. The average Bonchev–Trinajstić information content (AvgIpc) is 2.71. The average molecular weight is 387 g/mol. The number of carbonyl (C=O) groups is 2. The summed E-state index contributed by atoms with van der Waals surface area (Å²) < 4.78 is 15.9. The van der Waals surface area contributed by atoms with Crippen LogP contribution in [0.4, 0.5) is 0 Å². The van der Waals surface area contributed by atoms with Gasteiger partial charge in [0.1, 0.15) is 17.2 Å². The van der Waals surface area contributed by atoms with Crippen LogP contribution in [0.3, 0.4) is 0 Å². The van der Waals surface area contributed by atoms with Crippen molar-refractivity contribution in [2.24, 2.45) is 0 Å². The monoisotopic (exact) mass is 387 g/mol. The van der Waals surface area contributed by atoms with Gasteiger partial charge in [-0.1, -0.05) is 19.1 Å². The van der Waals surface area contributed by atoms with E-state index in [4.69, 9.17) is 14.2 Å². The molecule has 28 heavy (non-hydrogen) atoms. The predicted molar refractivity (Wildman–Crippen MR) is 104 cm³/mol. The molecule has 7 nitrogen and oxygen atoms in total. The summed E-state index contributed by atoms with van der Waals surface area (Å²) in [5, 5.41) is 12.0. The lowest BCUT2D eigenvalue weighted by Gasteiger charge is -2.19. The first-order chi connectivity index (χ1) is 13.5. The molecular weight excluding hydrogens is 362 g/mol.